The highest BCUT2D eigenvalue weighted by molar-refractivity contribution is 6.22. The van der Waals surface area contributed by atoms with E-state index in [0.29, 0.717) is 37.3 Å². The first kappa shape index (κ1) is 20.1. The molecule has 1 atom stereocenters. The van der Waals surface area contributed by atoms with Crippen LogP contribution in [0.5, 0.6) is 5.75 Å². The highest BCUT2D eigenvalue weighted by Gasteiger charge is 2.44. The molecule has 7 heteroatoms. The van der Waals surface area contributed by atoms with Crippen LogP contribution in [0.2, 0.25) is 0 Å². The number of para-hydroxylation sites is 3. The average Bonchev–Trinajstić information content (AvgIpc) is 3.04. The SMILES string of the molecule is Cc1ccccc1N1C(=O)C[C@H](N2CCC(C(=O)Nc3ccccc3O)CC2)C1=O. The lowest BCUT2D eigenvalue weighted by molar-refractivity contribution is -0.123. The fourth-order valence-corrected chi connectivity index (χ4v) is 4.26. The van der Waals surface area contributed by atoms with Gasteiger partial charge in [-0.2, -0.15) is 0 Å². The van der Waals surface area contributed by atoms with Crippen LogP contribution in [0.25, 0.3) is 0 Å². The Hall–Kier alpha value is -3.19. The zero-order chi connectivity index (χ0) is 21.3. The first-order valence-electron chi connectivity index (χ1n) is 10.2. The van der Waals surface area contributed by atoms with E-state index < -0.39 is 6.04 Å². The van der Waals surface area contributed by atoms with Gasteiger partial charge in [-0.15, -0.1) is 0 Å². The minimum absolute atomic E-state index is 0.0367. The number of hydrogen-bond acceptors (Lipinski definition) is 5. The van der Waals surface area contributed by atoms with Crippen LogP contribution in [-0.2, 0) is 14.4 Å². The van der Waals surface area contributed by atoms with Gasteiger partial charge in [-0.3, -0.25) is 19.3 Å². The van der Waals surface area contributed by atoms with Crippen molar-refractivity contribution >= 4 is 29.1 Å². The van der Waals surface area contributed by atoms with Gasteiger partial charge < -0.3 is 10.4 Å². The Morgan fingerprint density at radius 1 is 1.03 bits per heavy atom. The van der Waals surface area contributed by atoms with E-state index in [9.17, 15) is 19.5 Å². The van der Waals surface area contributed by atoms with Gasteiger partial charge in [0.25, 0.3) is 5.91 Å². The third-order valence-electron chi connectivity index (χ3n) is 5.98. The summed E-state index contributed by atoms with van der Waals surface area (Å²) in [5, 5.41) is 12.6. The number of anilines is 2. The van der Waals surface area contributed by atoms with Crippen LogP contribution in [-0.4, -0.2) is 46.9 Å². The quantitative estimate of drug-likeness (QED) is 0.601. The molecule has 2 N–H and O–H groups in total. The van der Waals surface area contributed by atoms with Gasteiger partial charge in [0.1, 0.15) is 5.75 Å². The fraction of sp³-hybridized carbons (Fsp3) is 0.348. The zero-order valence-electron chi connectivity index (χ0n) is 16.9. The van der Waals surface area contributed by atoms with E-state index in [-0.39, 0.29) is 35.8 Å². The Morgan fingerprint density at radius 3 is 2.40 bits per heavy atom. The number of nitrogens with one attached hydrogen (secondary N) is 1. The van der Waals surface area contributed by atoms with Crippen LogP contribution < -0.4 is 10.2 Å². The molecule has 2 heterocycles. The molecule has 0 bridgehead atoms. The Labute approximate surface area is 175 Å². The van der Waals surface area contributed by atoms with Crippen molar-refractivity contribution in [2.75, 3.05) is 23.3 Å². The summed E-state index contributed by atoms with van der Waals surface area (Å²) >= 11 is 0. The number of aromatic hydroxyl groups is 1. The van der Waals surface area contributed by atoms with E-state index in [1.54, 1.807) is 24.3 Å². The molecule has 0 radical (unpaired) electrons. The van der Waals surface area contributed by atoms with Crippen LogP contribution in [0.4, 0.5) is 11.4 Å². The number of carbonyl (C=O) groups excluding carboxylic acids is 3. The summed E-state index contributed by atoms with van der Waals surface area (Å²) in [4.78, 5) is 41.5. The van der Waals surface area contributed by atoms with Gasteiger partial charge in [0.2, 0.25) is 11.8 Å². The van der Waals surface area contributed by atoms with Crippen LogP contribution in [0.1, 0.15) is 24.8 Å². The van der Waals surface area contributed by atoms with Gasteiger partial charge in [-0.05, 0) is 56.6 Å². The topological polar surface area (TPSA) is 90.0 Å². The smallest absolute Gasteiger partial charge is 0.251 e. The second kappa shape index (κ2) is 8.28. The number of phenolic OH excluding ortho intramolecular Hbond substituents is 1. The maximum atomic E-state index is 13.0. The van der Waals surface area contributed by atoms with Gasteiger partial charge in [0.05, 0.1) is 23.8 Å². The third-order valence-corrected chi connectivity index (χ3v) is 5.98. The monoisotopic (exact) mass is 407 g/mol. The second-order valence-electron chi connectivity index (χ2n) is 7.89. The molecule has 0 aliphatic carbocycles. The minimum Gasteiger partial charge on any atom is -0.506 e. The van der Waals surface area contributed by atoms with Gasteiger partial charge in [0, 0.05) is 5.92 Å². The number of nitrogens with zero attached hydrogens (tertiary/aromatic N) is 2. The number of amides is 3. The summed E-state index contributed by atoms with van der Waals surface area (Å²) in [5.74, 6) is -0.660. The molecule has 2 aliphatic heterocycles. The summed E-state index contributed by atoms with van der Waals surface area (Å²) in [6, 6.07) is 13.5. The molecule has 0 spiro atoms. The maximum absolute atomic E-state index is 13.0. The molecule has 2 aliphatic rings. The number of carbonyl (C=O) groups is 3. The van der Waals surface area contributed by atoms with Gasteiger partial charge >= 0.3 is 0 Å². The number of aryl methyl sites for hydroxylation is 1. The van der Waals surface area contributed by atoms with Crippen molar-refractivity contribution in [1.29, 1.82) is 0 Å². The largest absolute Gasteiger partial charge is 0.506 e. The molecular weight excluding hydrogens is 382 g/mol. The number of hydrogen-bond donors (Lipinski definition) is 2. The van der Waals surface area contributed by atoms with Crippen LogP contribution in [0.15, 0.2) is 48.5 Å². The molecule has 30 heavy (non-hydrogen) atoms. The summed E-state index contributed by atoms with van der Waals surface area (Å²) in [5.41, 5.74) is 1.93. The van der Waals surface area contributed by atoms with Crippen LogP contribution in [0, 0.1) is 12.8 Å². The molecule has 7 nitrogen and oxygen atoms in total. The number of imide groups is 1. The molecule has 2 aromatic carbocycles. The lowest BCUT2D eigenvalue weighted by Gasteiger charge is -2.34. The summed E-state index contributed by atoms with van der Waals surface area (Å²) in [6.45, 7) is 3.03. The summed E-state index contributed by atoms with van der Waals surface area (Å²) < 4.78 is 0. The lowest BCUT2D eigenvalue weighted by atomic mass is 9.94. The van der Waals surface area contributed by atoms with Gasteiger partial charge in [0.15, 0.2) is 0 Å². The summed E-state index contributed by atoms with van der Waals surface area (Å²) in [6.07, 6.45) is 1.37. The first-order chi connectivity index (χ1) is 14.5. The number of phenols is 1. The highest BCUT2D eigenvalue weighted by atomic mass is 16.3. The van der Waals surface area contributed by atoms with Crippen molar-refractivity contribution < 1.29 is 19.5 Å². The van der Waals surface area contributed by atoms with E-state index in [2.05, 4.69) is 5.32 Å². The molecular formula is C23H25N3O4. The van der Waals surface area contributed by atoms with Crippen molar-refractivity contribution in [1.82, 2.24) is 4.90 Å². The number of likely N-dealkylation sites (tertiary alicyclic amines) is 1. The van der Waals surface area contributed by atoms with Crippen molar-refractivity contribution in [3.8, 4) is 5.75 Å². The minimum atomic E-state index is -0.473. The van der Waals surface area contributed by atoms with Crippen LogP contribution >= 0.6 is 0 Å². The predicted octanol–water partition coefficient (Wildman–Crippen LogP) is 2.68. The van der Waals surface area contributed by atoms with E-state index in [1.165, 1.54) is 11.0 Å². The molecule has 156 valence electrons. The first-order valence-corrected chi connectivity index (χ1v) is 10.2. The van der Waals surface area contributed by atoms with Crippen LogP contribution in [0.3, 0.4) is 0 Å². The molecule has 2 fully saturated rings. The van der Waals surface area contributed by atoms with Crippen molar-refractivity contribution in [2.45, 2.75) is 32.2 Å². The second-order valence-corrected chi connectivity index (χ2v) is 7.89. The Morgan fingerprint density at radius 2 is 1.70 bits per heavy atom. The van der Waals surface area contributed by atoms with E-state index >= 15 is 0 Å². The Bertz CT molecular complexity index is 982. The number of rotatable bonds is 4. The van der Waals surface area contributed by atoms with E-state index in [1.807, 2.05) is 30.0 Å². The predicted molar refractivity (Wildman–Crippen MR) is 113 cm³/mol. The maximum Gasteiger partial charge on any atom is 0.251 e. The number of piperidine rings is 1. The molecule has 0 unspecified atom stereocenters. The average molecular weight is 407 g/mol. The molecule has 2 saturated heterocycles. The van der Waals surface area contributed by atoms with Crippen molar-refractivity contribution in [2.24, 2.45) is 5.92 Å². The van der Waals surface area contributed by atoms with E-state index in [4.69, 9.17) is 0 Å². The molecule has 0 aromatic heterocycles. The fourth-order valence-electron chi connectivity index (χ4n) is 4.26. The molecule has 4 rings (SSSR count). The lowest BCUT2D eigenvalue weighted by Crippen LogP contribution is -2.47. The van der Waals surface area contributed by atoms with Crippen molar-refractivity contribution in [3.05, 3.63) is 54.1 Å². The van der Waals surface area contributed by atoms with Gasteiger partial charge in [-0.25, -0.2) is 4.90 Å². The Kier molecular flexibility index (Phi) is 5.55. The highest BCUT2D eigenvalue weighted by Crippen LogP contribution is 2.31. The van der Waals surface area contributed by atoms with E-state index in [0.717, 1.165) is 5.56 Å². The Balaban J connectivity index is 1.38. The van der Waals surface area contributed by atoms with Gasteiger partial charge in [-0.1, -0.05) is 30.3 Å². The normalized spacial score (nSPS) is 20.6. The van der Waals surface area contributed by atoms with Crippen molar-refractivity contribution in [3.63, 3.8) is 0 Å². The zero-order valence-corrected chi connectivity index (χ0v) is 16.9. The summed E-state index contributed by atoms with van der Waals surface area (Å²) in [7, 11) is 0. The number of benzene rings is 2. The molecule has 0 saturated carbocycles. The molecule has 2 aromatic rings. The molecule has 3 amide bonds. The standard InChI is InChI=1S/C23H25N3O4/c1-15-6-2-4-8-18(15)26-21(28)14-19(23(26)30)25-12-10-16(11-13-25)22(29)24-17-7-3-5-9-20(17)27/h2-9,16,19,27H,10-14H2,1H3,(H,24,29)/t19-/m0/s1. The third kappa shape index (κ3) is 3.80.